The Hall–Kier alpha value is -3.09. The number of aromatic nitrogens is 3. The van der Waals surface area contributed by atoms with Crippen molar-refractivity contribution in [1.82, 2.24) is 14.8 Å². The molecule has 0 amide bonds. The van der Waals surface area contributed by atoms with Crippen molar-refractivity contribution in [3.05, 3.63) is 59.7 Å². The van der Waals surface area contributed by atoms with E-state index in [2.05, 4.69) is 10.1 Å². The number of aldehydes is 1. The number of pyridine rings is 1. The van der Waals surface area contributed by atoms with E-state index >= 15 is 0 Å². The number of ether oxygens (including phenoxy) is 1. The van der Waals surface area contributed by atoms with Crippen molar-refractivity contribution in [1.29, 1.82) is 0 Å². The van der Waals surface area contributed by atoms with Crippen LogP contribution >= 0.6 is 0 Å². The number of benzene rings is 1. The number of hydrogen-bond donors (Lipinski definition) is 1. The van der Waals surface area contributed by atoms with Crippen LogP contribution in [0.5, 0.6) is 11.5 Å². The lowest BCUT2D eigenvalue weighted by Gasteiger charge is -2.30. The van der Waals surface area contributed by atoms with Gasteiger partial charge in [-0.25, -0.2) is 4.39 Å². The predicted molar refractivity (Wildman–Crippen MR) is 109 cm³/mol. The van der Waals surface area contributed by atoms with Crippen molar-refractivity contribution in [2.45, 2.75) is 25.3 Å². The van der Waals surface area contributed by atoms with E-state index in [0.29, 0.717) is 17.7 Å². The molecule has 0 bridgehead atoms. The van der Waals surface area contributed by atoms with Crippen LogP contribution in [0.4, 0.5) is 4.39 Å². The average molecular weight is 379 g/mol. The fourth-order valence-electron chi connectivity index (χ4n) is 3.18. The van der Waals surface area contributed by atoms with E-state index in [-0.39, 0.29) is 28.7 Å². The van der Waals surface area contributed by atoms with Crippen LogP contribution in [0.25, 0.3) is 11.4 Å². The Morgan fingerprint density at radius 1 is 1.25 bits per heavy atom. The zero-order valence-electron chi connectivity index (χ0n) is 16.2. The minimum Gasteiger partial charge on any atom is -0.507 e. The SMILES string of the molecule is BC(B)(Oc1cccc(O)c1C=O)c1c(F)ccnc1-c1ccnn1C(C)C. The highest BCUT2D eigenvalue weighted by Gasteiger charge is 2.32. The molecule has 2 heterocycles. The summed E-state index contributed by atoms with van der Waals surface area (Å²) in [6, 6.07) is 7.59. The van der Waals surface area contributed by atoms with Crippen LogP contribution in [0.2, 0.25) is 0 Å². The molecule has 0 spiro atoms. The van der Waals surface area contributed by atoms with Crippen LogP contribution in [0, 0.1) is 5.82 Å². The molecule has 9 heteroatoms. The Labute approximate surface area is 164 Å². The number of nitrogens with zero attached hydrogens (tertiary/aromatic N) is 3. The molecule has 0 aliphatic carbocycles. The van der Waals surface area contributed by atoms with E-state index in [4.69, 9.17) is 4.74 Å². The monoisotopic (exact) mass is 379 g/mol. The van der Waals surface area contributed by atoms with E-state index in [1.54, 1.807) is 44.8 Å². The van der Waals surface area contributed by atoms with Gasteiger partial charge < -0.3 is 9.84 Å². The first-order valence-corrected chi connectivity index (χ1v) is 8.91. The summed E-state index contributed by atoms with van der Waals surface area (Å²) in [7, 11) is 3.37. The summed E-state index contributed by atoms with van der Waals surface area (Å²) in [6.45, 7) is 3.94. The maximum absolute atomic E-state index is 15.0. The molecule has 0 radical (unpaired) electrons. The smallest absolute Gasteiger partial charge is 0.157 e. The van der Waals surface area contributed by atoms with E-state index in [1.165, 1.54) is 18.3 Å². The van der Waals surface area contributed by atoms with Gasteiger partial charge in [0.2, 0.25) is 0 Å². The Balaban J connectivity index is 2.14. The highest BCUT2D eigenvalue weighted by Crippen LogP contribution is 2.35. The number of phenolic OH excluding ortho intramolecular Hbond substituents is 1. The van der Waals surface area contributed by atoms with Crippen molar-refractivity contribution in [3.8, 4) is 22.9 Å². The molecule has 0 fully saturated rings. The molecule has 6 nitrogen and oxygen atoms in total. The Bertz CT molecular complexity index is 1020. The molecule has 0 aliphatic rings. The van der Waals surface area contributed by atoms with E-state index in [0.717, 1.165) is 0 Å². The quantitative estimate of drug-likeness (QED) is 0.521. The second-order valence-electron chi connectivity index (χ2n) is 7.19. The Morgan fingerprint density at radius 3 is 2.68 bits per heavy atom. The highest BCUT2D eigenvalue weighted by molar-refractivity contribution is 6.39. The van der Waals surface area contributed by atoms with Gasteiger partial charge >= 0.3 is 0 Å². The fraction of sp³-hybridized carbons (Fsp3) is 0.211. The normalized spacial score (nSPS) is 11.6. The number of halogens is 1. The number of phenols is 1. The summed E-state index contributed by atoms with van der Waals surface area (Å²) in [4.78, 5) is 15.8. The number of hydrogen-bond acceptors (Lipinski definition) is 5. The molecule has 1 aromatic carbocycles. The molecular formula is C19H20B2FN3O3. The zero-order valence-corrected chi connectivity index (χ0v) is 16.2. The topological polar surface area (TPSA) is 77.2 Å². The molecular weight excluding hydrogens is 359 g/mol. The predicted octanol–water partition coefficient (Wildman–Crippen LogP) is 1.64. The third-order valence-corrected chi connectivity index (χ3v) is 4.43. The lowest BCUT2D eigenvalue weighted by atomic mass is 9.60. The molecule has 1 N–H and O–H groups in total. The lowest BCUT2D eigenvalue weighted by molar-refractivity contribution is 0.111. The van der Waals surface area contributed by atoms with Gasteiger partial charge in [0.1, 0.15) is 17.3 Å². The molecule has 28 heavy (non-hydrogen) atoms. The van der Waals surface area contributed by atoms with Crippen LogP contribution in [0.1, 0.15) is 35.8 Å². The molecule has 0 saturated carbocycles. The summed E-state index contributed by atoms with van der Waals surface area (Å²) in [6.07, 6.45) is 3.54. The molecule has 0 atom stereocenters. The fourth-order valence-corrected chi connectivity index (χ4v) is 3.18. The van der Waals surface area contributed by atoms with Crippen LogP contribution in [0.3, 0.4) is 0 Å². The number of carbonyl (C=O) groups is 1. The van der Waals surface area contributed by atoms with E-state index in [9.17, 15) is 14.3 Å². The van der Waals surface area contributed by atoms with Crippen molar-refractivity contribution in [2.75, 3.05) is 0 Å². The van der Waals surface area contributed by atoms with Crippen molar-refractivity contribution in [3.63, 3.8) is 0 Å². The summed E-state index contributed by atoms with van der Waals surface area (Å²) in [5.41, 5.74) is 1.31. The number of carbonyl (C=O) groups excluding carboxylic acids is 1. The highest BCUT2D eigenvalue weighted by atomic mass is 19.1. The Morgan fingerprint density at radius 2 is 2.00 bits per heavy atom. The third-order valence-electron chi connectivity index (χ3n) is 4.43. The van der Waals surface area contributed by atoms with Crippen LogP contribution in [-0.4, -0.2) is 41.8 Å². The van der Waals surface area contributed by atoms with Crippen LogP contribution in [0.15, 0.2) is 42.7 Å². The molecule has 3 rings (SSSR count). The average Bonchev–Trinajstić information content (AvgIpc) is 3.11. The van der Waals surface area contributed by atoms with Crippen LogP contribution in [-0.2, 0) is 5.40 Å². The second-order valence-corrected chi connectivity index (χ2v) is 7.19. The molecule has 0 saturated heterocycles. The molecule has 0 unspecified atom stereocenters. The standard InChI is InChI=1S/C19H20B2FN3O3/c1-11(2)25-14(7-9-24-25)18-17(13(22)6-8-23-18)19(20,21)28-16-5-3-4-15(27)12(16)10-26/h3-11,27H,20-21H2,1-2H3. The first-order chi connectivity index (χ1) is 13.3. The van der Waals surface area contributed by atoms with E-state index < -0.39 is 11.2 Å². The van der Waals surface area contributed by atoms with Gasteiger partial charge in [0.15, 0.2) is 22.0 Å². The molecule has 3 aromatic rings. The lowest BCUT2D eigenvalue weighted by Crippen LogP contribution is -2.36. The summed E-state index contributed by atoms with van der Waals surface area (Å²) in [5.74, 6) is -0.529. The maximum atomic E-state index is 15.0. The van der Waals surface area contributed by atoms with E-state index in [1.807, 2.05) is 13.8 Å². The van der Waals surface area contributed by atoms with Crippen molar-refractivity contribution in [2.24, 2.45) is 0 Å². The van der Waals surface area contributed by atoms with Gasteiger partial charge in [-0.15, -0.1) is 0 Å². The molecule has 0 aliphatic heterocycles. The minimum absolute atomic E-state index is 0.00801. The van der Waals surface area contributed by atoms with Gasteiger partial charge in [-0.1, -0.05) is 6.07 Å². The largest absolute Gasteiger partial charge is 0.507 e. The number of aromatic hydroxyl groups is 1. The van der Waals surface area contributed by atoms with Crippen molar-refractivity contribution < 1.29 is 19.0 Å². The summed E-state index contributed by atoms with van der Waals surface area (Å²) < 4.78 is 22.7. The van der Waals surface area contributed by atoms with Gasteiger partial charge in [-0.3, -0.25) is 14.5 Å². The van der Waals surface area contributed by atoms with Gasteiger partial charge in [0.05, 0.1) is 22.4 Å². The maximum Gasteiger partial charge on any atom is 0.157 e. The molecule has 142 valence electrons. The first-order valence-electron chi connectivity index (χ1n) is 8.91. The van der Waals surface area contributed by atoms with Gasteiger partial charge in [0, 0.05) is 24.0 Å². The second kappa shape index (κ2) is 7.50. The van der Waals surface area contributed by atoms with Gasteiger partial charge in [-0.05, 0) is 38.1 Å². The van der Waals surface area contributed by atoms with Gasteiger partial charge in [-0.2, -0.15) is 5.10 Å². The summed E-state index contributed by atoms with van der Waals surface area (Å²) >= 11 is 0. The first kappa shape index (κ1) is 19.7. The molecule has 2 aromatic heterocycles. The number of rotatable bonds is 6. The van der Waals surface area contributed by atoms with Gasteiger partial charge in [0.25, 0.3) is 0 Å². The minimum atomic E-state index is -1.19. The van der Waals surface area contributed by atoms with Crippen molar-refractivity contribution >= 4 is 22.0 Å². The van der Waals surface area contributed by atoms with Crippen LogP contribution < -0.4 is 4.74 Å². The third kappa shape index (κ3) is 3.52. The Kier molecular flexibility index (Phi) is 5.27. The zero-order chi connectivity index (χ0) is 20.5. The summed E-state index contributed by atoms with van der Waals surface area (Å²) in [5, 5.41) is 13.0.